The first-order valence-corrected chi connectivity index (χ1v) is 4.37. The maximum absolute atomic E-state index is 8.87. The highest BCUT2D eigenvalue weighted by Crippen LogP contribution is 2.23. The molecule has 0 N–H and O–H groups in total. The van der Waals surface area contributed by atoms with Gasteiger partial charge in [0.05, 0.1) is 5.56 Å². The van der Waals surface area contributed by atoms with Crippen LogP contribution in [0.15, 0.2) is 18.5 Å². The van der Waals surface area contributed by atoms with Crippen molar-refractivity contribution in [2.24, 2.45) is 0 Å². The van der Waals surface area contributed by atoms with Crippen molar-refractivity contribution in [1.29, 1.82) is 5.26 Å². The molecule has 1 atom stereocenters. The normalized spacial score (nSPS) is 10.2. The summed E-state index contributed by atoms with van der Waals surface area (Å²) < 4.78 is 1.79. The summed E-state index contributed by atoms with van der Waals surface area (Å²) in [7, 11) is 2.52. The molecule has 4 heteroatoms. The Balaban J connectivity index is 2.99. The van der Waals surface area contributed by atoms with Crippen LogP contribution in [0.2, 0.25) is 0 Å². The van der Waals surface area contributed by atoms with Gasteiger partial charge in [-0.2, -0.15) is 5.26 Å². The minimum atomic E-state index is 0.676. The highest BCUT2D eigenvalue weighted by molar-refractivity contribution is 7.14. The quantitative estimate of drug-likeness (QED) is 0.593. The number of hydrogen-bond donors (Lipinski definition) is 0. The average molecular weight is 189 g/mol. The van der Waals surface area contributed by atoms with Crippen molar-refractivity contribution in [3.63, 3.8) is 0 Å². The van der Waals surface area contributed by atoms with Crippen molar-refractivity contribution >= 4 is 20.4 Å². The van der Waals surface area contributed by atoms with Crippen LogP contribution < -0.4 is 0 Å². The van der Waals surface area contributed by atoms with Crippen LogP contribution in [0, 0.1) is 18.3 Å². The van der Waals surface area contributed by atoms with Crippen LogP contribution in [0.4, 0.5) is 0 Å². The molecule has 13 heavy (non-hydrogen) atoms. The second-order valence-electron chi connectivity index (χ2n) is 2.89. The summed E-state index contributed by atoms with van der Waals surface area (Å²) in [4.78, 5) is 4.20. The van der Waals surface area contributed by atoms with Gasteiger partial charge in [0.2, 0.25) is 0 Å². The first-order chi connectivity index (χ1) is 6.24. The lowest BCUT2D eigenvalue weighted by atomic mass is 10.1. The summed E-state index contributed by atoms with van der Waals surface area (Å²) in [6.07, 6.45) is 3.52. The van der Waals surface area contributed by atoms with E-state index in [9.17, 15) is 0 Å². The molecular weight excluding hydrogens is 181 g/mol. The van der Waals surface area contributed by atoms with Gasteiger partial charge in [-0.1, -0.05) is 0 Å². The maximum Gasteiger partial charge on any atom is 0.144 e. The molecule has 1 unspecified atom stereocenters. The lowest BCUT2D eigenvalue weighted by molar-refractivity contribution is 1.25. The Morgan fingerprint density at radius 3 is 3.08 bits per heavy atom. The molecule has 64 valence electrons. The number of hydrogen-bond acceptors (Lipinski definition) is 2. The van der Waals surface area contributed by atoms with E-state index in [0.29, 0.717) is 5.56 Å². The standard InChI is InChI=1S/C9H8N3P/c1-6-2-3-11-9-8(6)7(4-10)5-12(9)13/h2-3,5H,13H2,1H3. The van der Waals surface area contributed by atoms with Crippen molar-refractivity contribution < 1.29 is 0 Å². The number of aromatic nitrogens is 2. The van der Waals surface area contributed by atoms with E-state index in [4.69, 9.17) is 5.26 Å². The third-order valence-corrected chi connectivity index (χ3v) is 2.44. The number of nitriles is 1. The number of pyridine rings is 1. The van der Waals surface area contributed by atoms with Crippen molar-refractivity contribution in [2.75, 3.05) is 0 Å². The van der Waals surface area contributed by atoms with Crippen LogP contribution in [0.5, 0.6) is 0 Å². The molecule has 0 fully saturated rings. The molecule has 3 nitrogen and oxygen atoms in total. The number of nitrogens with zero attached hydrogens (tertiary/aromatic N) is 3. The number of aryl methyl sites for hydroxylation is 1. The van der Waals surface area contributed by atoms with Gasteiger partial charge in [0.15, 0.2) is 0 Å². The monoisotopic (exact) mass is 189 g/mol. The fourth-order valence-corrected chi connectivity index (χ4v) is 1.77. The second kappa shape index (κ2) is 2.83. The molecule has 2 heterocycles. The smallest absolute Gasteiger partial charge is 0.144 e. The van der Waals surface area contributed by atoms with Gasteiger partial charge in [-0.25, -0.2) is 4.98 Å². The zero-order valence-corrected chi connectivity index (χ0v) is 8.31. The zero-order valence-electron chi connectivity index (χ0n) is 7.15. The van der Waals surface area contributed by atoms with E-state index in [1.807, 2.05) is 13.0 Å². The predicted octanol–water partition coefficient (Wildman–Crippen LogP) is 1.85. The van der Waals surface area contributed by atoms with E-state index in [0.717, 1.165) is 16.6 Å². The molecule has 0 saturated carbocycles. The Hall–Kier alpha value is -1.39. The molecule has 0 amide bonds. The maximum atomic E-state index is 8.87. The molecule has 2 rings (SSSR count). The molecule has 0 spiro atoms. The van der Waals surface area contributed by atoms with Gasteiger partial charge in [0, 0.05) is 17.8 Å². The van der Waals surface area contributed by atoms with E-state index in [1.165, 1.54) is 0 Å². The van der Waals surface area contributed by atoms with Gasteiger partial charge in [-0.15, -0.1) is 0 Å². The van der Waals surface area contributed by atoms with Gasteiger partial charge in [0.25, 0.3) is 0 Å². The van der Waals surface area contributed by atoms with E-state index in [-0.39, 0.29) is 0 Å². The van der Waals surface area contributed by atoms with E-state index < -0.39 is 0 Å². The van der Waals surface area contributed by atoms with Gasteiger partial charge < -0.3 is 4.34 Å². The Labute approximate surface area is 78.3 Å². The molecule has 2 aromatic rings. The first-order valence-electron chi connectivity index (χ1n) is 3.86. The number of fused-ring (bicyclic) bond motifs is 1. The van der Waals surface area contributed by atoms with Crippen LogP contribution in [-0.4, -0.2) is 9.32 Å². The van der Waals surface area contributed by atoms with Crippen LogP contribution in [0.3, 0.4) is 0 Å². The largest absolute Gasteiger partial charge is 0.316 e. The van der Waals surface area contributed by atoms with Crippen LogP contribution in [-0.2, 0) is 0 Å². The van der Waals surface area contributed by atoms with E-state index in [1.54, 1.807) is 16.7 Å². The fourth-order valence-electron chi connectivity index (χ4n) is 1.42. The van der Waals surface area contributed by atoms with Crippen molar-refractivity contribution in [2.45, 2.75) is 6.92 Å². The van der Waals surface area contributed by atoms with Crippen LogP contribution in [0.25, 0.3) is 11.0 Å². The third kappa shape index (κ3) is 1.11. The molecule has 0 radical (unpaired) electrons. The van der Waals surface area contributed by atoms with Crippen LogP contribution in [0.1, 0.15) is 11.1 Å². The van der Waals surface area contributed by atoms with Crippen LogP contribution >= 0.6 is 9.39 Å². The molecule has 0 aliphatic carbocycles. The molecule has 0 saturated heterocycles. The summed E-state index contributed by atoms with van der Waals surface area (Å²) in [5.41, 5.74) is 2.60. The second-order valence-corrected chi connectivity index (χ2v) is 3.44. The lowest BCUT2D eigenvalue weighted by Crippen LogP contribution is -1.82. The molecular formula is C9H8N3P. The summed E-state index contributed by atoms with van der Waals surface area (Å²) in [5, 5.41) is 9.82. The van der Waals surface area contributed by atoms with Gasteiger partial charge in [-0.05, 0) is 27.9 Å². The first kappa shape index (κ1) is 8.22. The topological polar surface area (TPSA) is 41.6 Å². The fraction of sp³-hybridized carbons (Fsp3) is 0.111. The SMILES string of the molecule is Cc1ccnc2c1c(C#N)cn2P. The summed E-state index contributed by atoms with van der Waals surface area (Å²) in [6.45, 7) is 1.98. The molecule has 2 aromatic heterocycles. The molecule has 0 aliphatic rings. The highest BCUT2D eigenvalue weighted by Gasteiger charge is 2.08. The average Bonchev–Trinajstić information content (AvgIpc) is 2.45. The van der Waals surface area contributed by atoms with Gasteiger partial charge >= 0.3 is 0 Å². The molecule has 0 bridgehead atoms. The minimum absolute atomic E-state index is 0.676. The minimum Gasteiger partial charge on any atom is -0.316 e. The summed E-state index contributed by atoms with van der Waals surface area (Å²) in [5.74, 6) is 0. The Kier molecular flexibility index (Phi) is 1.79. The van der Waals surface area contributed by atoms with E-state index in [2.05, 4.69) is 20.4 Å². The summed E-state index contributed by atoms with van der Waals surface area (Å²) >= 11 is 0. The van der Waals surface area contributed by atoms with Gasteiger partial charge in [-0.3, -0.25) is 0 Å². The van der Waals surface area contributed by atoms with Gasteiger partial charge in [0.1, 0.15) is 11.7 Å². The Bertz CT molecular complexity index is 507. The number of rotatable bonds is 0. The Morgan fingerprint density at radius 1 is 1.62 bits per heavy atom. The zero-order chi connectivity index (χ0) is 9.42. The lowest BCUT2D eigenvalue weighted by Gasteiger charge is -1.96. The Morgan fingerprint density at radius 2 is 2.38 bits per heavy atom. The summed E-state index contributed by atoms with van der Waals surface area (Å²) in [6, 6.07) is 4.07. The molecule has 0 aromatic carbocycles. The predicted molar refractivity (Wildman–Crippen MR) is 54.3 cm³/mol. The van der Waals surface area contributed by atoms with Crippen molar-refractivity contribution in [3.8, 4) is 6.07 Å². The van der Waals surface area contributed by atoms with Crippen molar-refractivity contribution in [1.82, 2.24) is 9.32 Å². The third-order valence-electron chi connectivity index (χ3n) is 2.04. The van der Waals surface area contributed by atoms with E-state index >= 15 is 0 Å². The van der Waals surface area contributed by atoms with Crippen molar-refractivity contribution in [3.05, 3.63) is 29.6 Å². The highest BCUT2D eigenvalue weighted by atomic mass is 31.0. The molecule has 0 aliphatic heterocycles.